The average molecular weight is 468 g/mol. The van der Waals surface area contributed by atoms with Crippen molar-refractivity contribution in [3.63, 3.8) is 0 Å². The van der Waals surface area contributed by atoms with Crippen LogP contribution in [0.25, 0.3) is 0 Å². The van der Waals surface area contributed by atoms with Crippen molar-refractivity contribution in [2.24, 2.45) is 5.92 Å². The SMILES string of the molecule is COC(=O)COc1cccc2c1CCC(Cc1nc(C(c3ccccc3)c3ccccc3)co1)C2. The number of oxazole rings is 1. The van der Waals surface area contributed by atoms with E-state index in [2.05, 4.69) is 54.6 Å². The highest BCUT2D eigenvalue weighted by Gasteiger charge is 2.25. The lowest BCUT2D eigenvalue weighted by Crippen LogP contribution is -2.19. The van der Waals surface area contributed by atoms with Crippen molar-refractivity contribution in [1.29, 1.82) is 0 Å². The summed E-state index contributed by atoms with van der Waals surface area (Å²) in [4.78, 5) is 16.4. The Kier molecular flexibility index (Phi) is 6.94. The standard InChI is InChI=1S/C30H29NO4/c1-33-29(32)20-34-27-14-8-13-24-17-21(15-16-25(24)27)18-28-31-26(19-35-28)30(22-9-4-2-5-10-22)23-11-6-3-7-12-23/h2-14,19,21,30H,15-18,20H2,1H3. The van der Waals surface area contributed by atoms with Crippen LogP contribution in [0.1, 0.15) is 46.2 Å². The number of benzene rings is 3. The maximum atomic E-state index is 11.5. The first-order chi connectivity index (χ1) is 17.2. The normalized spacial score (nSPS) is 15.0. The molecular formula is C30H29NO4. The van der Waals surface area contributed by atoms with Crippen molar-refractivity contribution < 1.29 is 18.7 Å². The van der Waals surface area contributed by atoms with Crippen LogP contribution in [0.15, 0.2) is 89.5 Å². The summed E-state index contributed by atoms with van der Waals surface area (Å²) in [5, 5.41) is 0. The molecule has 5 nitrogen and oxygen atoms in total. The number of rotatable bonds is 8. The minimum atomic E-state index is -0.375. The Morgan fingerprint density at radius 1 is 1.00 bits per heavy atom. The summed E-state index contributed by atoms with van der Waals surface area (Å²) in [7, 11) is 1.37. The van der Waals surface area contributed by atoms with Gasteiger partial charge in [-0.3, -0.25) is 0 Å². The first kappa shape index (κ1) is 22.9. The average Bonchev–Trinajstić information content (AvgIpc) is 3.36. The summed E-state index contributed by atoms with van der Waals surface area (Å²) in [6, 6.07) is 27.0. The second kappa shape index (κ2) is 10.6. The molecule has 0 radical (unpaired) electrons. The van der Waals surface area contributed by atoms with Crippen LogP contribution in [-0.4, -0.2) is 24.7 Å². The molecule has 1 aliphatic carbocycles. The number of esters is 1. The molecule has 0 amide bonds. The van der Waals surface area contributed by atoms with Crippen LogP contribution in [-0.2, 0) is 28.8 Å². The third-order valence-corrected chi connectivity index (χ3v) is 6.71. The van der Waals surface area contributed by atoms with Gasteiger partial charge in [0, 0.05) is 6.42 Å². The lowest BCUT2D eigenvalue weighted by Gasteiger charge is -2.25. The van der Waals surface area contributed by atoms with Gasteiger partial charge in [-0.05, 0) is 53.5 Å². The molecule has 3 aromatic carbocycles. The lowest BCUT2D eigenvalue weighted by atomic mass is 9.82. The van der Waals surface area contributed by atoms with Crippen molar-refractivity contribution in [2.45, 2.75) is 31.6 Å². The Balaban J connectivity index is 1.31. The van der Waals surface area contributed by atoms with E-state index in [9.17, 15) is 4.79 Å². The molecule has 1 atom stereocenters. The summed E-state index contributed by atoms with van der Waals surface area (Å²) < 4.78 is 16.4. The number of fused-ring (bicyclic) bond motifs is 1. The molecule has 0 bridgehead atoms. The zero-order valence-corrected chi connectivity index (χ0v) is 19.9. The molecule has 1 unspecified atom stereocenters. The Hall–Kier alpha value is -3.86. The summed E-state index contributed by atoms with van der Waals surface area (Å²) in [5.74, 6) is 1.66. The van der Waals surface area contributed by atoms with Gasteiger partial charge < -0.3 is 13.9 Å². The van der Waals surface area contributed by atoms with Gasteiger partial charge in [0.25, 0.3) is 0 Å². The number of carbonyl (C=O) groups is 1. The number of aromatic nitrogens is 1. The van der Waals surface area contributed by atoms with Gasteiger partial charge in [0.05, 0.1) is 18.7 Å². The number of hydrogen-bond acceptors (Lipinski definition) is 5. The highest BCUT2D eigenvalue weighted by atomic mass is 16.6. The molecular weight excluding hydrogens is 438 g/mol. The third-order valence-electron chi connectivity index (χ3n) is 6.71. The van der Waals surface area contributed by atoms with E-state index in [1.807, 2.05) is 30.5 Å². The van der Waals surface area contributed by atoms with Gasteiger partial charge in [-0.2, -0.15) is 0 Å². The van der Waals surface area contributed by atoms with Crippen LogP contribution >= 0.6 is 0 Å². The van der Waals surface area contributed by atoms with Crippen LogP contribution in [0.3, 0.4) is 0 Å². The molecule has 0 N–H and O–H groups in total. The van der Waals surface area contributed by atoms with Gasteiger partial charge >= 0.3 is 5.97 Å². The van der Waals surface area contributed by atoms with E-state index in [0.717, 1.165) is 43.0 Å². The van der Waals surface area contributed by atoms with Gasteiger partial charge in [0.15, 0.2) is 12.5 Å². The van der Waals surface area contributed by atoms with E-state index in [4.69, 9.17) is 18.9 Å². The van der Waals surface area contributed by atoms with Crippen molar-refractivity contribution in [2.75, 3.05) is 13.7 Å². The quantitative estimate of drug-likeness (QED) is 0.309. The van der Waals surface area contributed by atoms with E-state index >= 15 is 0 Å². The van der Waals surface area contributed by atoms with E-state index in [1.165, 1.54) is 29.4 Å². The highest BCUT2D eigenvalue weighted by Crippen LogP contribution is 2.35. The molecule has 0 spiro atoms. The molecule has 5 rings (SSSR count). The molecule has 1 aromatic heterocycles. The minimum absolute atomic E-state index is 0.0384. The van der Waals surface area contributed by atoms with Gasteiger partial charge in [-0.1, -0.05) is 72.8 Å². The van der Waals surface area contributed by atoms with Gasteiger partial charge in [-0.25, -0.2) is 9.78 Å². The zero-order valence-electron chi connectivity index (χ0n) is 19.9. The number of carbonyl (C=O) groups excluding carboxylic acids is 1. The molecule has 1 heterocycles. The van der Waals surface area contributed by atoms with E-state index in [1.54, 1.807) is 0 Å². The predicted octanol–water partition coefficient (Wildman–Crippen LogP) is 5.75. The summed E-state index contributed by atoms with van der Waals surface area (Å²) >= 11 is 0. The first-order valence-electron chi connectivity index (χ1n) is 12.1. The van der Waals surface area contributed by atoms with Gasteiger partial charge in [0.2, 0.25) is 0 Å². The Bertz CT molecular complexity index is 1230. The van der Waals surface area contributed by atoms with E-state index in [-0.39, 0.29) is 18.5 Å². The lowest BCUT2D eigenvalue weighted by molar-refractivity contribution is -0.142. The smallest absolute Gasteiger partial charge is 0.343 e. The van der Waals surface area contributed by atoms with Crippen LogP contribution in [0.4, 0.5) is 0 Å². The number of hydrogen-bond donors (Lipinski definition) is 0. The second-order valence-corrected chi connectivity index (χ2v) is 8.99. The zero-order chi connectivity index (χ0) is 24.0. The minimum Gasteiger partial charge on any atom is -0.482 e. The predicted molar refractivity (Wildman–Crippen MR) is 134 cm³/mol. The molecule has 0 fully saturated rings. The molecule has 0 saturated heterocycles. The molecule has 0 aliphatic heterocycles. The van der Waals surface area contributed by atoms with Crippen molar-refractivity contribution in [3.8, 4) is 5.75 Å². The second-order valence-electron chi connectivity index (χ2n) is 8.99. The summed E-state index contributed by atoms with van der Waals surface area (Å²) in [6.07, 6.45) is 5.47. The molecule has 1 aliphatic rings. The third kappa shape index (κ3) is 5.29. The van der Waals surface area contributed by atoms with Crippen molar-refractivity contribution in [3.05, 3.63) is 119 Å². The van der Waals surface area contributed by atoms with E-state index < -0.39 is 0 Å². The summed E-state index contributed by atoms with van der Waals surface area (Å²) in [5.41, 5.74) is 5.79. The highest BCUT2D eigenvalue weighted by molar-refractivity contribution is 5.71. The molecule has 5 heteroatoms. The number of methoxy groups -OCH3 is 1. The first-order valence-corrected chi connectivity index (χ1v) is 12.1. The molecule has 178 valence electrons. The number of ether oxygens (including phenoxy) is 2. The maximum Gasteiger partial charge on any atom is 0.343 e. The van der Waals surface area contributed by atoms with Gasteiger partial charge in [-0.15, -0.1) is 0 Å². The van der Waals surface area contributed by atoms with Crippen LogP contribution in [0.5, 0.6) is 5.75 Å². The largest absolute Gasteiger partial charge is 0.482 e. The fourth-order valence-corrected chi connectivity index (χ4v) is 4.98. The Labute approximate surface area is 205 Å². The van der Waals surface area contributed by atoms with Crippen LogP contribution in [0.2, 0.25) is 0 Å². The van der Waals surface area contributed by atoms with Crippen molar-refractivity contribution in [1.82, 2.24) is 4.98 Å². The fraction of sp³-hybridized carbons (Fsp3) is 0.267. The van der Waals surface area contributed by atoms with Gasteiger partial charge in [0.1, 0.15) is 12.0 Å². The number of nitrogens with zero attached hydrogens (tertiary/aromatic N) is 1. The fourth-order valence-electron chi connectivity index (χ4n) is 4.98. The molecule has 0 saturated carbocycles. The van der Waals surface area contributed by atoms with Crippen molar-refractivity contribution >= 4 is 5.97 Å². The van der Waals surface area contributed by atoms with Crippen LogP contribution in [0, 0.1) is 5.92 Å². The molecule has 4 aromatic rings. The Morgan fingerprint density at radius 3 is 2.40 bits per heavy atom. The van der Waals surface area contributed by atoms with Crippen LogP contribution < -0.4 is 4.74 Å². The Morgan fingerprint density at radius 2 is 1.71 bits per heavy atom. The summed E-state index contributed by atoms with van der Waals surface area (Å²) in [6.45, 7) is -0.0700. The monoisotopic (exact) mass is 467 g/mol. The topological polar surface area (TPSA) is 61.6 Å². The van der Waals surface area contributed by atoms with E-state index in [0.29, 0.717) is 5.92 Å². The molecule has 35 heavy (non-hydrogen) atoms. The maximum absolute atomic E-state index is 11.5.